The van der Waals surface area contributed by atoms with Crippen LogP contribution in [0.5, 0.6) is 0 Å². The van der Waals surface area contributed by atoms with Gasteiger partial charge in [-0.2, -0.15) is 0 Å². The van der Waals surface area contributed by atoms with Gasteiger partial charge < -0.3 is 4.74 Å². The number of hydrogen-bond donors (Lipinski definition) is 0. The van der Waals surface area contributed by atoms with E-state index in [0.717, 1.165) is 17.8 Å². The molecule has 94 valence electrons. The Labute approximate surface area is 106 Å². The Morgan fingerprint density at radius 3 is 2.82 bits per heavy atom. The second kappa shape index (κ2) is 6.05. The molecule has 1 amide bonds. The third-order valence-corrected chi connectivity index (χ3v) is 4.02. The molecule has 2 rings (SSSR count). The monoisotopic (exact) mass is 253 g/mol. The van der Waals surface area contributed by atoms with E-state index in [1.165, 1.54) is 19.3 Å². The van der Waals surface area contributed by atoms with Gasteiger partial charge in [-0.05, 0) is 50.1 Å². The van der Waals surface area contributed by atoms with Crippen molar-refractivity contribution in [3.8, 4) is 0 Å². The zero-order valence-electron chi connectivity index (χ0n) is 10.2. The van der Waals surface area contributed by atoms with Crippen molar-refractivity contribution >= 4 is 22.4 Å². The van der Waals surface area contributed by atoms with Gasteiger partial charge in [-0.25, -0.2) is 4.79 Å². The van der Waals surface area contributed by atoms with Crippen LogP contribution in [0.4, 0.5) is 9.80 Å². The molecule has 17 heavy (non-hydrogen) atoms. The molecule has 0 spiro atoms. The van der Waals surface area contributed by atoms with Crippen LogP contribution in [0.2, 0.25) is 0 Å². The van der Waals surface area contributed by atoms with Crippen molar-refractivity contribution in [2.24, 2.45) is 0 Å². The molecule has 0 N–H and O–H groups in total. The fourth-order valence-electron chi connectivity index (χ4n) is 2.19. The summed E-state index contributed by atoms with van der Waals surface area (Å²) in [6, 6.07) is 3.91. The SMILES string of the molecule is CCN(C(=O)OC1CCCCC1)c1cccs1. The van der Waals surface area contributed by atoms with Gasteiger partial charge in [-0.3, -0.25) is 4.90 Å². The van der Waals surface area contributed by atoms with Gasteiger partial charge in [-0.1, -0.05) is 6.42 Å². The molecular formula is C13H19NO2S. The van der Waals surface area contributed by atoms with Gasteiger partial charge in [0.25, 0.3) is 0 Å². The molecule has 1 heterocycles. The summed E-state index contributed by atoms with van der Waals surface area (Å²) in [5.41, 5.74) is 0. The molecule has 1 aromatic rings. The standard InChI is InChI=1S/C13H19NO2S/c1-2-14(12-9-6-10-17-12)13(15)16-11-7-4-3-5-8-11/h6,9-11H,2-5,7-8H2,1H3. The van der Waals surface area contributed by atoms with Gasteiger partial charge in [0.15, 0.2) is 0 Å². The lowest BCUT2D eigenvalue weighted by molar-refractivity contribution is 0.0811. The third-order valence-electron chi connectivity index (χ3n) is 3.13. The average Bonchev–Trinajstić information content (AvgIpc) is 2.85. The van der Waals surface area contributed by atoms with Crippen molar-refractivity contribution in [2.75, 3.05) is 11.4 Å². The average molecular weight is 253 g/mol. The fraction of sp³-hybridized carbons (Fsp3) is 0.615. The molecular weight excluding hydrogens is 234 g/mol. The molecule has 0 aromatic carbocycles. The van der Waals surface area contributed by atoms with E-state index in [2.05, 4.69) is 0 Å². The Kier molecular flexibility index (Phi) is 4.42. The number of rotatable bonds is 3. The first-order valence-corrected chi connectivity index (χ1v) is 7.21. The first-order valence-electron chi connectivity index (χ1n) is 6.33. The molecule has 0 saturated heterocycles. The molecule has 0 aliphatic heterocycles. The predicted octanol–water partition coefficient (Wildman–Crippen LogP) is 4.04. The Morgan fingerprint density at radius 2 is 2.24 bits per heavy atom. The van der Waals surface area contributed by atoms with Crippen LogP contribution in [0.25, 0.3) is 0 Å². The lowest BCUT2D eigenvalue weighted by Gasteiger charge is -2.25. The summed E-state index contributed by atoms with van der Waals surface area (Å²) in [5, 5.41) is 2.94. The number of nitrogens with zero attached hydrogens (tertiary/aromatic N) is 1. The van der Waals surface area contributed by atoms with Crippen LogP contribution in [-0.4, -0.2) is 18.7 Å². The zero-order chi connectivity index (χ0) is 12.1. The minimum Gasteiger partial charge on any atom is -0.446 e. The van der Waals surface area contributed by atoms with Crippen LogP contribution >= 0.6 is 11.3 Å². The molecule has 1 aliphatic rings. The lowest BCUT2D eigenvalue weighted by Crippen LogP contribution is -2.34. The van der Waals surface area contributed by atoms with Crippen molar-refractivity contribution in [3.05, 3.63) is 17.5 Å². The molecule has 1 saturated carbocycles. The second-order valence-electron chi connectivity index (χ2n) is 4.34. The maximum Gasteiger partial charge on any atom is 0.415 e. The Balaban J connectivity index is 1.93. The summed E-state index contributed by atoms with van der Waals surface area (Å²) in [5.74, 6) is 0. The summed E-state index contributed by atoms with van der Waals surface area (Å²) in [7, 11) is 0. The topological polar surface area (TPSA) is 29.5 Å². The van der Waals surface area contributed by atoms with Crippen molar-refractivity contribution in [1.82, 2.24) is 0 Å². The van der Waals surface area contributed by atoms with E-state index in [-0.39, 0.29) is 12.2 Å². The number of ether oxygens (including phenoxy) is 1. The van der Waals surface area contributed by atoms with Crippen LogP contribution < -0.4 is 4.90 Å². The largest absolute Gasteiger partial charge is 0.446 e. The molecule has 1 fully saturated rings. The summed E-state index contributed by atoms with van der Waals surface area (Å²) >= 11 is 1.57. The fourth-order valence-corrected chi connectivity index (χ4v) is 2.97. The minimum absolute atomic E-state index is 0.130. The first-order chi connectivity index (χ1) is 8.31. The van der Waals surface area contributed by atoms with Gasteiger partial charge in [0.2, 0.25) is 0 Å². The number of thiophene rings is 1. The summed E-state index contributed by atoms with van der Waals surface area (Å²) < 4.78 is 5.56. The van der Waals surface area contributed by atoms with Gasteiger partial charge in [0.1, 0.15) is 11.1 Å². The number of hydrogen-bond acceptors (Lipinski definition) is 3. The molecule has 3 nitrogen and oxygen atoms in total. The molecule has 0 radical (unpaired) electrons. The number of carbonyl (C=O) groups excluding carboxylic acids is 1. The van der Waals surface area contributed by atoms with Crippen molar-refractivity contribution in [3.63, 3.8) is 0 Å². The molecule has 0 atom stereocenters. The van der Waals surface area contributed by atoms with Gasteiger partial charge in [0, 0.05) is 6.54 Å². The van der Waals surface area contributed by atoms with Crippen LogP contribution in [-0.2, 0) is 4.74 Å². The zero-order valence-corrected chi connectivity index (χ0v) is 11.0. The Bertz CT molecular complexity index is 344. The highest BCUT2D eigenvalue weighted by molar-refractivity contribution is 7.14. The maximum atomic E-state index is 12.1. The minimum atomic E-state index is -0.193. The Hall–Kier alpha value is -1.03. The molecule has 1 aromatic heterocycles. The van der Waals surface area contributed by atoms with Crippen LogP contribution in [0.1, 0.15) is 39.0 Å². The summed E-state index contributed by atoms with van der Waals surface area (Å²) in [4.78, 5) is 13.8. The third kappa shape index (κ3) is 3.22. The molecule has 1 aliphatic carbocycles. The normalized spacial score (nSPS) is 16.8. The van der Waals surface area contributed by atoms with E-state index >= 15 is 0 Å². The molecule has 0 unspecified atom stereocenters. The molecule has 0 bridgehead atoms. The van der Waals surface area contributed by atoms with Crippen molar-refractivity contribution in [2.45, 2.75) is 45.1 Å². The Morgan fingerprint density at radius 1 is 1.47 bits per heavy atom. The van der Waals surface area contributed by atoms with Crippen molar-refractivity contribution < 1.29 is 9.53 Å². The highest BCUT2D eigenvalue weighted by atomic mass is 32.1. The van der Waals surface area contributed by atoms with Gasteiger partial charge in [0.05, 0.1) is 0 Å². The number of anilines is 1. The summed E-state index contributed by atoms with van der Waals surface area (Å²) in [6.07, 6.45) is 5.62. The highest BCUT2D eigenvalue weighted by Gasteiger charge is 2.22. The van der Waals surface area contributed by atoms with Crippen LogP contribution in [0.3, 0.4) is 0 Å². The quantitative estimate of drug-likeness (QED) is 0.813. The summed E-state index contributed by atoms with van der Waals surface area (Å²) in [6.45, 7) is 2.63. The highest BCUT2D eigenvalue weighted by Crippen LogP contribution is 2.25. The van der Waals surface area contributed by atoms with E-state index in [1.54, 1.807) is 16.2 Å². The number of amides is 1. The smallest absolute Gasteiger partial charge is 0.415 e. The van der Waals surface area contributed by atoms with E-state index < -0.39 is 0 Å². The predicted molar refractivity (Wildman–Crippen MR) is 70.7 cm³/mol. The maximum absolute atomic E-state index is 12.1. The number of carbonyl (C=O) groups is 1. The van der Waals surface area contributed by atoms with Crippen LogP contribution in [0, 0.1) is 0 Å². The molecule has 4 heteroatoms. The van der Waals surface area contributed by atoms with Crippen molar-refractivity contribution in [1.29, 1.82) is 0 Å². The van der Waals surface area contributed by atoms with Gasteiger partial charge in [-0.15, -0.1) is 11.3 Å². The first kappa shape index (κ1) is 12.4. The second-order valence-corrected chi connectivity index (χ2v) is 5.27. The van der Waals surface area contributed by atoms with Gasteiger partial charge >= 0.3 is 6.09 Å². The van der Waals surface area contributed by atoms with E-state index in [1.807, 2.05) is 24.4 Å². The lowest BCUT2D eigenvalue weighted by atomic mass is 9.98. The van der Waals surface area contributed by atoms with Crippen LogP contribution in [0.15, 0.2) is 17.5 Å². The van der Waals surface area contributed by atoms with E-state index in [4.69, 9.17) is 4.74 Å². The van der Waals surface area contributed by atoms with E-state index in [0.29, 0.717) is 6.54 Å². The van der Waals surface area contributed by atoms with E-state index in [9.17, 15) is 4.79 Å².